The Balaban J connectivity index is 3.30. The minimum Gasteiger partial charge on any atom is -0.507 e. The number of carboxylic acids is 1. The van der Waals surface area contributed by atoms with Gasteiger partial charge in [-0.25, -0.2) is 8.78 Å². The molecule has 0 spiro atoms. The number of hydrogen-bond acceptors (Lipinski definition) is 2. The van der Waals surface area contributed by atoms with Crippen LogP contribution in [0.3, 0.4) is 0 Å². The first-order valence-electron chi connectivity index (χ1n) is 4.68. The van der Waals surface area contributed by atoms with Crippen LogP contribution in [0.25, 0.3) is 0 Å². The highest BCUT2D eigenvalue weighted by atomic mass is 19.3. The lowest BCUT2D eigenvalue weighted by Gasteiger charge is -2.16. The number of alkyl halides is 2. The summed E-state index contributed by atoms with van der Waals surface area (Å²) in [4.78, 5) is 10.7. The van der Waals surface area contributed by atoms with Gasteiger partial charge in [-0.1, -0.05) is 12.1 Å². The van der Waals surface area contributed by atoms with Gasteiger partial charge < -0.3 is 10.2 Å². The minimum atomic E-state index is -3.20. The topological polar surface area (TPSA) is 57.5 Å². The van der Waals surface area contributed by atoms with Crippen LogP contribution in [0, 0.1) is 0 Å². The summed E-state index contributed by atoms with van der Waals surface area (Å²) in [6.45, 7) is 1.98. The predicted molar refractivity (Wildman–Crippen MR) is 53.7 cm³/mol. The van der Waals surface area contributed by atoms with E-state index >= 15 is 0 Å². The molecule has 1 aromatic carbocycles. The van der Waals surface area contributed by atoms with Crippen molar-refractivity contribution in [2.75, 3.05) is 0 Å². The Labute approximate surface area is 91.3 Å². The average molecular weight is 230 g/mol. The third kappa shape index (κ3) is 2.29. The summed E-state index contributed by atoms with van der Waals surface area (Å²) >= 11 is 0. The highest BCUT2D eigenvalue weighted by Gasteiger charge is 2.30. The predicted octanol–water partition coefficient (Wildman–Crippen LogP) is 2.69. The second-order valence-electron chi connectivity index (χ2n) is 3.69. The van der Waals surface area contributed by atoms with Gasteiger partial charge in [0.05, 0.1) is 11.5 Å². The fourth-order valence-electron chi connectivity index (χ4n) is 1.40. The van der Waals surface area contributed by atoms with E-state index in [0.717, 1.165) is 6.07 Å². The molecule has 0 amide bonds. The SMILES string of the molecule is CC(C(=O)O)c1cccc(C(C)(F)F)c1O. The van der Waals surface area contributed by atoms with Crippen LogP contribution < -0.4 is 0 Å². The van der Waals surface area contributed by atoms with Gasteiger partial charge in [0.25, 0.3) is 5.92 Å². The molecular formula is C11H12F2O3. The van der Waals surface area contributed by atoms with Gasteiger partial charge in [-0.2, -0.15) is 0 Å². The van der Waals surface area contributed by atoms with E-state index in [-0.39, 0.29) is 5.56 Å². The summed E-state index contributed by atoms with van der Waals surface area (Å²) in [5.74, 6) is -6.04. The molecule has 0 heterocycles. The quantitative estimate of drug-likeness (QED) is 0.839. The molecule has 1 rings (SSSR count). The zero-order chi connectivity index (χ0) is 12.5. The number of aliphatic carboxylic acids is 1. The summed E-state index contributed by atoms with van der Waals surface area (Å²) in [5, 5.41) is 18.4. The molecule has 0 saturated carbocycles. The van der Waals surface area contributed by atoms with Crippen LogP contribution in [-0.2, 0) is 10.7 Å². The summed E-state index contributed by atoms with van der Waals surface area (Å²) in [6.07, 6.45) is 0. The number of phenols is 1. The van der Waals surface area contributed by atoms with Crippen molar-refractivity contribution in [3.05, 3.63) is 29.3 Å². The van der Waals surface area contributed by atoms with Gasteiger partial charge in [0, 0.05) is 12.5 Å². The standard InChI is InChI=1S/C11H12F2O3/c1-6(10(15)16)7-4-3-5-8(9(7)14)11(2,12)13/h3-6,14H,1-2H3,(H,15,16). The van der Waals surface area contributed by atoms with E-state index in [2.05, 4.69) is 0 Å². The van der Waals surface area contributed by atoms with Crippen LogP contribution in [0.4, 0.5) is 8.78 Å². The zero-order valence-corrected chi connectivity index (χ0v) is 8.87. The van der Waals surface area contributed by atoms with Gasteiger partial charge in [0.1, 0.15) is 5.75 Å². The Morgan fingerprint density at radius 3 is 2.44 bits per heavy atom. The number of phenolic OH excluding ortho intramolecular Hbond substituents is 1. The number of aromatic hydroxyl groups is 1. The van der Waals surface area contributed by atoms with E-state index in [4.69, 9.17) is 5.11 Å². The van der Waals surface area contributed by atoms with Crippen LogP contribution in [-0.4, -0.2) is 16.2 Å². The summed E-state index contributed by atoms with van der Waals surface area (Å²) < 4.78 is 26.1. The van der Waals surface area contributed by atoms with E-state index < -0.39 is 29.1 Å². The molecule has 0 radical (unpaired) electrons. The first kappa shape index (κ1) is 12.4. The Morgan fingerprint density at radius 1 is 1.44 bits per heavy atom. The van der Waals surface area contributed by atoms with Gasteiger partial charge in [-0.15, -0.1) is 0 Å². The van der Waals surface area contributed by atoms with Crippen molar-refractivity contribution in [1.29, 1.82) is 0 Å². The van der Waals surface area contributed by atoms with Crippen molar-refractivity contribution in [3.63, 3.8) is 0 Å². The number of carbonyl (C=O) groups is 1. The largest absolute Gasteiger partial charge is 0.507 e. The molecule has 16 heavy (non-hydrogen) atoms. The molecule has 2 N–H and O–H groups in total. The molecule has 5 heteroatoms. The van der Waals surface area contributed by atoms with Crippen LogP contribution in [0.15, 0.2) is 18.2 Å². The monoisotopic (exact) mass is 230 g/mol. The lowest BCUT2D eigenvalue weighted by molar-refractivity contribution is -0.138. The second kappa shape index (κ2) is 4.08. The zero-order valence-electron chi connectivity index (χ0n) is 8.87. The van der Waals surface area contributed by atoms with E-state index in [1.165, 1.54) is 19.1 Å². The smallest absolute Gasteiger partial charge is 0.310 e. The third-order valence-electron chi connectivity index (χ3n) is 2.38. The molecule has 1 unspecified atom stereocenters. The highest BCUT2D eigenvalue weighted by Crippen LogP contribution is 2.38. The van der Waals surface area contributed by atoms with Crippen molar-refractivity contribution in [1.82, 2.24) is 0 Å². The summed E-state index contributed by atoms with van der Waals surface area (Å²) in [7, 11) is 0. The average Bonchev–Trinajstić information content (AvgIpc) is 2.15. The van der Waals surface area contributed by atoms with E-state index in [9.17, 15) is 18.7 Å². The van der Waals surface area contributed by atoms with E-state index in [1.54, 1.807) is 0 Å². The molecule has 1 aromatic rings. The molecule has 88 valence electrons. The highest BCUT2D eigenvalue weighted by molar-refractivity contribution is 5.77. The second-order valence-corrected chi connectivity index (χ2v) is 3.69. The molecular weight excluding hydrogens is 218 g/mol. The fourth-order valence-corrected chi connectivity index (χ4v) is 1.40. The lowest BCUT2D eigenvalue weighted by Crippen LogP contribution is -2.12. The molecule has 0 aromatic heterocycles. The van der Waals surface area contributed by atoms with Crippen LogP contribution in [0.5, 0.6) is 5.75 Å². The number of rotatable bonds is 3. The number of benzene rings is 1. The van der Waals surface area contributed by atoms with Gasteiger partial charge in [-0.05, 0) is 13.0 Å². The number of hydrogen-bond donors (Lipinski definition) is 2. The van der Waals surface area contributed by atoms with Crippen molar-refractivity contribution in [2.24, 2.45) is 0 Å². The molecule has 0 bridgehead atoms. The van der Waals surface area contributed by atoms with Crippen LogP contribution in [0.2, 0.25) is 0 Å². The van der Waals surface area contributed by atoms with Crippen molar-refractivity contribution >= 4 is 5.97 Å². The third-order valence-corrected chi connectivity index (χ3v) is 2.38. The van der Waals surface area contributed by atoms with Gasteiger partial charge in [-0.3, -0.25) is 4.79 Å². The molecule has 1 atom stereocenters. The summed E-state index contributed by atoms with van der Waals surface area (Å²) in [5.41, 5.74) is -0.565. The number of halogens is 2. The first-order valence-corrected chi connectivity index (χ1v) is 4.68. The Kier molecular flexibility index (Phi) is 3.16. The Bertz CT molecular complexity index is 410. The number of carboxylic acid groups (broad SMARTS) is 1. The fraction of sp³-hybridized carbons (Fsp3) is 0.364. The molecule has 0 saturated heterocycles. The van der Waals surface area contributed by atoms with Crippen molar-refractivity contribution in [3.8, 4) is 5.75 Å². The van der Waals surface area contributed by atoms with Gasteiger partial charge in [0.15, 0.2) is 0 Å². The van der Waals surface area contributed by atoms with Crippen LogP contribution >= 0.6 is 0 Å². The lowest BCUT2D eigenvalue weighted by atomic mass is 9.96. The molecule has 0 aliphatic heterocycles. The maximum Gasteiger partial charge on any atom is 0.310 e. The Morgan fingerprint density at radius 2 is 2.00 bits per heavy atom. The minimum absolute atomic E-state index is 0.00785. The Hall–Kier alpha value is -1.65. The first-order chi connectivity index (χ1) is 7.25. The molecule has 3 nitrogen and oxygen atoms in total. The molecule has 0 fully saturated rings. The van der Waals surface area contributed by atoms with Crippen molar-refractivity contribution in [2.45, 2.75) is 25.7 Å². The van der Waals surface area contributed by atoms with E-state index in [1.807, 2.05) is 0 Å². The van der Waals surface area contributed by atoms with E-state index in [0.29, 0.717) is 6.92 Å². The van der Waals surface area contributed by atoms with Gasteiger partial charge in [0.2, 0.25) is 0 Å². The maximum atomic E-state index is 13.1. The molecule has 0 aliphatic carbocycles. The van der Waals surface area contributed by atoms with Crippen molar-refractivity contribution < 1.29 is 23.8 Å². The van der Waals surface area contributed by atoms with Crippen LogP contribution in [0.1, 0.15) is 30.9 Å². The molecule has 0 aliphatic rings. The number of para-hydroxylation sites is 1. The van der Waals surface area contributed by atoms with Gasteiger partial charge >= 0.3 is 5.97 Å². The maximum absolute atomic E-state index is 13.1. The summed E-state index contributed by atoms with van der Waals surface area (Å²) in [6, 6.07) is 3.71. The normalized spacial score (nSPS) is 13.5.